The number of benzene rings is 1. The van der Waals surface area contributed by atoms with E-state index < -0.39 is 0 Å². The number of carbonyl (C=O) groups is 1. The van der Waals surface area contributed by atoms with Gasteiger partial charge in [-0.2, -0.15) is 0 Å². The van der Waals surface area contributed by atoms with Gasteiger partial charge in [0.15, 0.2) is 0 Å². The van der Waals surface area contributed by atoms with Crippen LogP contribution in [0.25, 0.3) is 0 Å². The first-order valence-electron chi connectivity index (χ1n) is 6.83. The van der Waals surface area contributed by atoms with E-state index in [1.807, 2.05) is 31.3 Å². The van der Waals surface area contributed by atoms with Gasteiger partial charge in [0.25, 0.3) is 0 Å². The largest absolute Gasteiger partial charge is 0.465 e. The second kappa shape index (κ2) is 6.57. The van der Waals surface area contributed by atoms with Gasteiger partial charge in [-0.1, -0.05) is 12.1 Å². The van der Waals surface area contributed by atoms with Crippen molar-refractivity contribution in [2.75, 3.05) is 38.7 Å². The molecule has 0 spiro atoms. The normalized spacial score (nSPS) is 18.6. The maximum atomic E-state index is 11.8. The first-order chi connectivity index (χ1) is 9.26. The van der Waals surface area contributed by atoms with Crippen LogP contribution < -0.4 is 10.2 Å². The molecule has 1 unspecified atom stereocenters. The summed E-state index contributed by atoms with van der Waals surface area (Å²) in [5.41, 5.74) is 1.67. The number of nitrogens with zero attached hydrogens (tertiary/aromatic N) is 1. The molecule has 1 aromatic carbocycles. The predicted octanol–water partition coefficient (Wildman–Crippen LogP) is 1.91. The third-order valence-corrected chi connectivity index (χ3v) is 3.74. The molecule has 0 amide bonds. The SMILES string of the molecule is CNCCC1CCN(c2ccccc2C(=O)OC)C1. The van der Waals surface area contributed by atoms with Crippen LogP contribution in [0.15, 0.2) is 24.3 Å². The highest BCUT2D eigenvalue weighted by Crippen LogP contribution is 2.28. The zero-order valence-corrected chi connectivity index (χ0v) is 11.7. The monoisotopic (exact) mass is 262 g/mol. The Morgan fingerprint density at radius 3 is 3.00 bits per heavy atom. The van der Waals surface area contributed by atoms with Crippen LogP contribution in [0.1, 0.15) is 23.2 Å². The molecule has 1 fully saturated rings. The quantitative estimate of drug-likeness (QED) is 0.823. The summed E-state index contributed by atoms with van der Waals surface area (Å²) in [5, 5.41) is 3.20. The lowest BCUT2D eigenvalue weighted by atomic mass is 10.1. The highest BCUT2D eigenvalue weighted by molar-refractivity contribution is 5.95. The van der Waals surface area contributed by atoms with E-state index in [1.54, 1.807) is 0 Å². The fourth-order valence-electron chi connectivity index (χ4n) is 2.67. The Labute approximate surface area is 114 Å². The van der Waals surface area contributed by atoms with Gasteiger partial charge >= 0.3 is 5.97 Å². The maximum Gasteiger partial charge on any atom is 0.339 e. The molecule has 19 heavy (non-hydrogen) atoms. The summed E-state index contributed by atoms with van der Waals surface area (Å²) in [4.78, 5) is 14.1. The molecule has 0 saturated carbocycles. The number of para-hydroxylation sites is 1. The molecule has 4 heteroatoms. The Kier molecular flexibility index (Phi) is 4.80. The topological polar surface area (TPSA) is 41.6 Å². The number of ether oxygens (including phenoxy) is 1. The standard InChI is InChI=1S/C15H22N2O2/c1-16-9-7-12-8-10-17(11-12)14-6-4-3-5-13(14)15(18)19-2/h3-6,12,16H,7-11H2,1-2H3. The van der Waals surface area contributed by atoms with Crippen molar-refractivity contribution in [1.29, 1.82) is 0 Å². The van der Waals surface area contributed by atoms with Crippen LogP contribution in [0.4, 0.5) is 5.69 Å². The summed E-state index contributed by atoms with van der Waals surface area (Å²) in [6, 6.07) is 7.70. The van der Waals surface area contributed by atoms with Crippen molar-refractivity contribution in [3.8, 4) is 0 Å². The molecule has 0 aromatic heterocycles. The van der Waals surface area contributed by atoms with Gasteiger partial charge in [-0.25, -0.2) is 4.79 Å². The first kappa shape index (κ1) is 13.9. The molecule has 104 valence electrons. The molecule has 1 aliphatic heterocycles. The minimum absolute atomic E-state index is 0.255. The Morgan fingerprint density at radius 2 is 2.26 bits per heavy atom. The lowest BCUT2D eigenvalue weighted by Gasteiger charge is -2.21. The molecule has 1 aromatic rings. The number of esters is 1. The molecule has 0 aliphatic carbocycles. The van der Waals surface area contributed by atoms with Gasteiger partial charge in [-0.3, -0.25) is 0 Å². The molecule has 4 nitrogen and oxygen atoms in total. The van der Waals surface area contributed by atoms with Gasteiger partial charge in [-0.05, 0) is 44.5 Å². The van der Waals surface area contributed by atoms with Gasteiger partial charge in [0, 0.05) is 13.1 Å². The predicted molar refractivity (Wildman–Crippen MR) is 76.6 cm³/mol. The molecular formula is C15H22N2O2. The van der Waals surface area contributed by atoms with E-state index in [0.29, 0.717) is 11.5 Å². The number of hydrogen-bond donors (Lipinski definition) is 1. The molecule has 1 atom stereocenters. The third kappa shape index (κ3) is 3.26. The van der Waals surface area contributed by atoms with Crippen molar-refractivity contribution in [2.24, 2.45) is 5.92 Å². The van der Waals surface area contributed by atoms with E-state index in [0.717, 1.165) is 25.3 Å². The van der Waals surface area contributed by atoms with E-state index in [4.69, 9.17) is 4.74 Å². The fraction of sp³-hybridized carbons (Fsp3) is 0.533. The summed E-state index contributed by atoms with van der Waals surface area (Å²) in [5.74, 6) is 0.451. The molecule has 1 N–H and O–H groups in total. The Morgan fingerprint density at radius 1 is 1.47 bits per heavy atom. The van der Waals surface area contributed by atoms with E-state index in [2.05, 4.69) is 10.2 Å². The lowest BCUT2D eigenvalue weighted by molar-refractivity contribution is 0.0601. The van der Waals surface area contributed by atoms with Gasteiger partial charge in [0.05, 0.1) is 18.4 Å². The van der Waals surface area contributed by atoms with Crippen molar-refractivity contribution in [3.63, 3.8) is 0 Å². The highest BCUT2D eigenvalue weighted by atomic mass is 16.5. The fourth-order valence-corrected chi connectivity index (χ4v) is 2.67. The molecule has 1 aliphatic rings. The highest BCUT2D eigenvalue weighted by Gasteiger charge is 2.25. The lowest BCUT2D eigenvalue weighted by Crippen LogP contribution is -2.23. The van der Waals surface area contributed by atoms with E-state index in [-0.39, 0.29) is 5.97 Å². The summed E-state index contributed by atoms with van der Waals surface area (Å²) >= 11 is 0. The van der Waals surface area contributed by atoms with Crippen molar-refractivity contribution < 1.29 is 9.53 Å². The molecule has 1 heterocycles. The van der Waals surface area contributed by atoms with Gasteiger partial charge in [-0.15, -0.1) is 0 Å². The number of methoxy groups -OCH3 is 1. The summed E-state index contributed by atoms with van der Waals surface area (Å²) in [6.07, 6.45) is 2.38. The second-order valence-electron chi connectivity index (χ2n) is 5.00. The van der Waals surface area contributed by atoms with Gasteiger partial charge < -0.3 is 15.0 Å². The zero-order valence-electron chi connectivity index (χ0n) is 11.7. The van der Waals surface area contributed by atoms with Crippen LogP contribution >= 0.6 is 0 Å². The van der Waals surface area contributed by atoms with Crippen molar-refractivity contribution in [3.05, 3.63) is 29.8 Å². The average Bonchev–Trinajstić information content (AvgIpc) is 2.93. The maximum absolute atomic E-state index is 11.8. The number of hydrogen-bond acceptors (Lipinski definition) is 4. The number of anilines is 1. The minimum atomic E-state index is -0.255. The average molecular weight is 262 g/mol. The van der Waals surface area contributed by atoms with E-state index >= 15 is 0 Å². The van der Waals surface area contributed by atoms with Crippen LogP contribution in [0, 0.1) is 5.92 Å². The molecule has 0 bridgehead atoms. The van der Waals surface area contributed by atoms with Gasteiger partial charge in [0.1, 0.15) is 0 Å². The summed E-state index contributed by atoms with van der Waals surface area (Å²) < 4.78 is 4.85. The van der Waals surface area contributed by atoms with Crippen LogP contribution in [0.5, 0.6) is 0 Å². The Bertz CT molecular complexity index is 434. The third-order valence-electron chi connectivity index (χ3n) is 3.74. The summed E-state index contributed by atoms with van der Waals surface area (Å²) in [6.45, 7) is 3.09. The first-order valence-corrected chi connectivity index (χ1v) is 6.83. The van der Waals surface area contributed by atoms with Crippen LogP contribution in [0.3, 0.4) is 0 Å². The van der Waals surface area contributed by atoms with Crippen molar-refractivity contribution in [2.45, 2.75) is 12.8 Å². The molecule has 1 saturated heterocycles. The summed E-state index contributed by atoms with van der Waals surface area (Å²) in [7, 11) is 3.41. The van der Waals surface area contributed by atoms with E-state index in [1.165, 1.54) is 20.0 Å². The molecule has 2 rings (SSSR count). The van der Waals surface area contributed by atoms with Crippen LogP contribution in [0.2, 0.25) is 0 Å². The number of nitrogens with one attached hydrogen (secondary N) is 1. The molecule has 0 radical (unpaired) electrons. The number of carbonyl (C=O) groups excluding carboxylic acids is 1. The van der Waals surface area contributed by atoms with Gasteiger partial charge in [0.2, 0.25) is 0 Å². The second-order valence-corrected chi connectivity index (χ2v) is 5.00. The van der Waals surface area contributed by atoms with Crippen molar-refractivity contribution in [1.82, 2.24) is 5.32 Å². The smallest absolute Gasteiger partial charge is 0.339 e. The van der Waals surface area contributed by atoms with E-state index in [9.17, 15) is 4.79 Å². The zero-order chi connectivity index (χ0) is 13.7. The number of rotatable bonds is 5. The van der Waals surface area contributed by atoms with Crippen LogP contribution in [-0.4, -0.2) is 39.8 Å². The van der Waals surface area contributed by atoms with Crippen molar-refractivity contribution >= 4 is 11.7 Å². The Balaban J connectivity index is 2.09. The minimum Gasteiger partial charge on any atom is -0.465 e. The Hall–Kier alpha value is -1.55. The van der Waals surface area contributed by atoms with Crippen LogP contribution in [-0.2, 0) is 4.74 Å². The molecular weight excluding hydrogens is 240 g/mol.